The van der Waals surface area contributed by atoms with Gasteiger partial charge in [-0.25, -0.2) is 0 Å². The SMILES string of the molecule is CC(C)(C)C(Br)(Br)C(O)CO.[Ni]. The van der Waals surface area contributed by atoms with Crippen LogP contribution in [-0.4, -0.2) is 26.2 Å². The summed E-state index contributed by atoms with van der Waals surface area (Å²) in [4.78, 5) is 0. The number of hydrogen-bond acceptors (Lipinski definition) is 2. The second kappa shape index (κ2) is 5.30. The number of rotatable bonds is 2. The molecule has 0 rings (SSSR count). The van der Waals surface area contributed by atoms with E-state index >= 15 is 0 Å². The first-order valence-electron chi connectivity index (χ1n) is 3.40. The number of hydrogen-bond donors (Lipinski definition) is 2. The van der Waals surface area contributed by atoms with Crippen LogP contribution in [-0.2, 0) is 16.5 Å². The molecule has 0 saturated carbocycles. The maximum absolute atomic E-state index is 9.38. The molecule has 0 aromatic heterocycles. The van der Waals surface area contributed by atoms with E-state index in [1.54, 1.807) is 0 Å². The van der Waals surface area contributed by atoms with Crippen molar-refractivity contribution in [3.05, 3.63) is 0 Å². The zero-order valence-electron chi connectivity index (χ0n) is 7.25. The van der Waals surface area contributed by atoms with Crippen LogP contribution in [0.15, 0.2) is 0 Å². The molecule has 12 heavy (non-hydrogen) atoms. The Hall–Kier alpha value is 1.37. The molecule has 0 aromatic carbocycles. The number of alkyl halides is 2. The van der Waals surface area contributed by atoms with E-state index in [0.29, 0.717) is 0 Å². The van der Waals surface area contributed by atoms with Gasteiger partial charge in [-0.05, 0) is 5.41 Å². The first kappa shape index (κ1) is 15.8. The van der Waals surface area contributed by atoms with Crippen molar-refractivity contribution >= 4 is 31.9 Å². The molecule has 1 unspecified atom stereocenters. The van der Waals surface area contributed by atoms with Gasteiger partial charge in [0.05, 0.1) is 6.61 Å². The minimum atomic E-state index is -0.803. The smallest absolute Gasteiger partial charge is 0.113 e. The van der Waals surface area contributed by atoms with E-state index in [1.165, 1.54) is 0 Å². The molecule has 0 fully saturated rings. The van der Waals surface area contributed by atoms with Crippen molar-refractivity contribution in [3.8, 4) is 0 Å². The molecule has 0 heterocycles. The van der Waals surface area contributed by atoms with E-state index in [2.05, 4.69) is 31.9 Å². The fourth-order valence-corrected chi connectivity index (χ4v) is 0.904. The van der Waals surface area contributed by atoms with Crippen molar-refractivity contribution < 1.29 is 26.7 Å². The Bertz CT molecular complexity index is 134. The number of aliphatic hydroxyl groups is 2. The second-order valence-corrected chi connectivity index (χ2v) is 7.14. The number of aliphatic hydroxyl groups excluding tert-OH is 2. The standard InChI is InChI=1S/C7H14Br2O2.Ni/c1-6(2,3)7(8,9)5(11)4-10;/h5,10-11H,4H2,1-3H3;. The molecule has 5 heteroatoms. The summed E-state index contributed by atoms with van der Waals surface area (Å²) < 4.78 is -0.623. The van der Waals surface area contributed by atoms with Gasteiger partial charge in [-0.15, -0.1) is 0 Å². The summed E-state index contributed by atoms with van der Waals surface area (Å²) in [7, 11) is 0. The van der Waals surface area contributed by atoms with E-state index in [4.69, 9.17) is 5.11 Å². The fraction of sp³-hybridized carbons (Fsp3) is 1.00. The molecule has 2 N–H and O–H groups in total. The molecular weight excluding hydrogens is 335 g/mol. The molecule has 0 spiro atoms. The average Bonchev–Trinajstić information content (AvgIpc) is 1.83. The monoisotopic (exact) mass is 346 g/mol. The third kappa shape index (κ3) is 3.63. The third-order valence-electron chi connectivity index (χ3n) is 1.59. The molecule has 0 radical (unpaired) electrons. The summed E-state index contributed by atoms with van der Waals surface area (Å²) in [6.07, 6.45) is -0.803. The van der Waals surface area contributed by atoms with Crippen molar-refractivity contribution in [3.63, 3.8) is 0 Å². The van der Waals surface area contributed by atoms with Crippen molar-refractivity contribution in [1.82, 2.24) is 0 Å². The molecule has 2 nitrogen and oxygen atoms in total. The first-order chi connectivity index (χ1) is 4.73. The van der Waals surface area contributed by atoms with Gasteiger partial charge in [0.25, 0.3) is 0 Å². The van der Waals surface area contributed by atoms with Gasteiger partial charge in [-0.3, -0.25) is 0 Å². The molecule has 0 amide bonds. The molecule has 0 aliphatic heterocycles. The van der Waals surface area contributed by atoms with Crippen LogP contribution in [0.5, 0.6) is 0 Å². The van der Waals surface area contributed by atoms with E-state index in [9.17, 15) is 5.11 Å². The summed E-state index contributed by atoms with van der Waals surface area (Å²) in [6.45, 7) is 5.65. The molecule has 1 atom stereocenters. The Labute approximate surface area is 100 Å². The van der Waals surface area contributed by atoms with Crippen LogP contribution in [0.3, 0.4) is 0 Å². The van der Waals surface area contributed by atoms with Crippen LogP contribution in [0.25, 0.3) is 0 Å². The third-order valence-corrected chi connectivity index (χ3v) is 5.03. The molecule has 0 bridgehead atoms. The normalized spacial score (nSPS) is 15.2. The van der Waals surface area contributed by atoms with Gasteiger partial charge < -0.3 is 10.2 Å². The van der Waals surface area contributed by atoms with Gasteiger partial charge >= 0.3 is 0 Å². The Morgan fingerprint density at radius 3 is 1.67 bits per heavy atom. The van der Waals surface area contributed by atoms with Gasteiger partial charge in [0.15, 0.2) is 0 Å². The Kier molecular flexibility index (Phi) is 6.99. The topological polar surface area (TPSA) is 40.5 Å². The molecule has 0 saturated heterocycles. The molecule has 0 aliphatic rings. The van der Waals surface area contributed by atoms with Crippen LogP contribution >= 0.6 is 31.9 Å². The zero-order valence-corrected chi connectivity index (χ0v) is 11.4. The van der Waals surface area contributed by atoms with E-state index in [0.717, 1.165) is 0 Å². The zero-order chi connectivity index (χ0) is 9.28. The summed E-state index contributed by atoms with van der Waals surface area (Å²) in [5.41, 5.74) is -0.158. The maximum atomic E-state index is 9.38. The van der Waals surface area contributed by atoms with Crippen molar-refractivity contribution in [2.45, 2.75) is 30.1 Å². The van der Waals surface area contributed by atoms with Crippen LogP contribution in [0, 0.1) is 5.41 Å². The molecule has 0 aromatic rings. The minimum absolute atomic E-state index is 0. The molecule has 0 aliphatic carbocycles. The van der Waals surface area contributed by atoms with Gasteiger partial charge in [0.2, 0.25) is 0 Å². The Morgan fingerprint density at radius 2 is 1.58 bits per heavy atom. The largest absolute Gasteiger partial charge is 0.394 e. The predicted octanol–water partition coefficient (Wildman–Crippen LogP) is 1.87. The quantitative estimate of drug-likeness (QED) is 0.591. The van der Waals surface area contributed by atoms with Crippen LogP contribution in [0.2, 0.25) is 0 Å². The summed E-state index contributed by atoms with van der Waals surface area (Å²) in [5.74, 6) is 0. The van der Waals surface area contributed by atoms with Gasteiger partial charge in [0.1, 0.15) is 9.34 Å². The molecule has 78 valence electrons. The average molecular weight is 349 g/mol. The number of halogens is 2. The molecular formula is C7H14Br2NiO2. The van der Waals surface area contributed by atoms with E-state index < -0.39 is 9.34 Å². The van der Waals surface area contributed by atoms with Gasteiger partial charge in [-0.2, -0.15) is 0 Å². The Morgan fingerprint density at radius 1 is 1.25 bits per heavy atom. The first-order valence-corrected chi connectivity index (χ1v) is 4.99. The van der Waals surface area contributed by atoms with Gasteiger partial charge in [0, 0.05) is 16.5 Å². The van der Waals surface area contributed by atoms with Crippen molar-refractivity contribution in [2.24, 2.45) is 5.41 Å². The van der Waals surface area contributed by atoms with Crippen LogP contribution < -0.4 is 0 Å². The summed E-state index contributed by atoms with van der Waals surface area (Å²) in [5, 5.41) is 18.1. The van der Waals surface area contributed by atoms with Crippen LogP contribution in [0.1, 0.15) is 20.8 Å². The van der Waals surface area contributed by atoms with Gasteiger partial charge in [-0.1, -0.05) is 52.6 Å². The fourth-order valence-electron chi connectivity index (χ4n) is 0.614. The van der Waals surface area contributed by atoms with Crippen molar-refractivity contribution in [2.75, 3.05) is 6.61 Å². The summed E-state index contributed by atoms with van der Waals surface area (Å²) >= 11 is 6.67. The van der Waals surface area contributed by atoms with E-state index in [1.807, 2.05) is 20.8 Å². The van der Waals surface area contributed by atoms with Crippen molar-refractivity contribution in [1.29, 1.82) is 0 Å². The van der Waals surface area contributed by atoms with Crippen LogP contribution in [0.4, 0.5) is 0 Å². The Balaban J connectivity index is 0. The van der Waals surface area contributed by atoms with E-state index in [-0.39, 0.29) is 28.5 Å². The summed E-state index contributed by atoms with van der Waals surface area (Å²) in [6, 6.07) is 0. The predicted molar refractivity (Wildman–Crippen MR) is 53.1 cm³/mol. The second-order valence-electron chi connectivity index (χ2n) is 3.57. The minimum Gasteiger partial charge on any atom is -0.394 e. The maximum Gasteiger partial charge on any atom is 0.113 e.